The van der Waals surface area contributed by atoms with Gasteiger partial charge in [-0.25, -0.2) is 8.42 Å². The summed E-state index contributed by atoms with van der Waals surface area (Å²) in [6.45, 7) is 6.19. The minimum Gasteiger partial charge on any atom is -0.350 e. The fraction of sp³-hybridized carbons (Fsp3) is 0.421. The number of carbonyl (C=O) groups is 1. The van der Waals surface area contributed by atoms with Gasteiger partial charge in [0.25, 0.3) is 0 Å². The number of aryl methyl sites for hydroxylation is 1. The van der Waals surface area contributed by atoms with Gasteiger partial charge in [-0.15, -0.1) is 11.3 Å². The number of hydrogen-bond acceptors (Lipinski definition) is 5. The molecule has 27 heavy (non-hydrogen) atoms. The van der Waals surface area contributed by atoms with Crippen LogP contribution < -0.4 is 5.32 Å². The molecule has 0 unspecified atom stereocenters. The molecule has 0 bridgehead atoms. The molecule has 0 saturated carbocycles. The third-order valence-electron chi connectivity index (χ3n) is 4.88. The number of amides is 1. The first kappa shape index (κ1) is 20.0. The van der Waals surface area contributed by atoms with E-state index in [-0.39, 0.29) is 11.9 Å². The fourth-order valence-corrected chi connectivity index (χ4v) is 5.16. The summed E-state index contributed by atoms with van der Waals surface area (Å²) in [5, 5.41) is 4.94. The van der Waals surface area contributed by atoms with Gasteiger partial charge in [0.2, 0.25) is 15.9 Å². The first-order valence-electron chi connectivity index (χ1n) is 8.99. The highest BCUT2D eigenvalue weighted by Gasteiger charge is 2.31. The van der Waals surface area contributed by atoms with Crippen LogP contribution in [0.1, 0.15) is 17.4 Å². The Labute approximate surface area is 164 Å². The Morgan fingerprint density at radius 2 is 1.81 bits per heavy atom. The lowest BCUT2D eigenvalue weighted by atomic mass is 10.2. The van der Waals surface area contributed by atoms with Crippen LogP contribution in [0, 0.1) is 6.92 Å². The van der Waals surface area contributed by atoms with E-state index in [2.05, 4.69) is 5.32 Å². The molecule has 1 atom stereocenters. The van der Waals surface area contributed by atoms with Crippen molar-refractivity contribution in [2.75, 3.05) is 26.2 Å². The van der Waals surface area contributed by atoms with Gasteiger partial charge in [-0.1, -0.05) is 23.8 Å². The van der Waals surface area contributed by atoms with E-state index < -0.39 is 10.0 Å². The predicted octanol–water partition coefficient (Wildman–Crippen LogP) is 2.07. The highest BCUT2D eigenvalue weighted by atomic mass is 32.2. The first-order chi connectivity index (χ1) is 12.9. The maximum absolute atomic E-state index is 12.8. The SMILES string of the molecule is Cc1ccc(S(=O)(=O)N2CCN([C@@H](C)C(=O)NCc3cccs3)CC2)cc1. The second-order valence-corrected chi connectivity index (χ2v) is 9.70. The monoisotopic (exact) mass is 407 g/mol. The lowest BCUT2D eigenvalue weighted by Gasteiger charge is -2.36. The minimum absolute atomic E-state index is 0.0294. The van der Waals surface area contributed by atoms with E-state index in [0.29, 0.717) is 37.6 Å². The molecule has 1 fully saturated rings. The number of rotatable bonds is 6. The zero-order chi connectivity index (χ0) is 19.4. The number of piperazine rings is 1. The largest absolute Gasteiger partial charge is 0.350 e. The molecule has 0 spiro atoms. The summed E-state index contributed by atoms with van der Waals surface area (Å²) in [5.41, 5.74) is 1.03. The molecule has 2 aromatic rings. The molecule has 146 valence electrons. The van der Waals surface area contributed by atoms with Crippen molar-refractivity contribution in [2.24, 2.45) is 0 Å². The van der Waals surface area contributed by atoms with E-state index in [1.165, 1.54) is 4.31 Å². The summed E-state index contributed by atoms with van der Waals surface area (Å²) < 4.78 is 27.0. The Balaban J connectivity index is 1.54. The van der Waals surface area contributed by atoms with Gasteiger partial charge >= 0.3 is 0 Å². The molecular formula is C19H25N3O3S2. The lowest BCUT2D eigenvalue weighted by Crippen LogP contribution is -2.54. The van der Waals surface area contributed by atoms with Crippen molar-refractivity contribution in [3.05, 3.63) is 52.2 Å². The van der Waals surface area contributed by atoms with Crippen molar-refractivity contribution in [2.45, 2.75) is 31.3 Å². The van der Waals surface area contributed by atoms with Crippen molar-refractivity contribution >= 4 is 27.3 Å². The number of thiophene rings is 1. The van der Waals surface area contributed by atoms with E-state index in [1.54, 1.807) is 23.5 Å². The van der Waals surface area contributed by atoms with Crippen molar-refractivity contribution in [3.63, 3.8) is 0 Å². The Kier molecular flexibility index (Phi) is 6.31. The Morgan fingerprint density at radius 3 is 2.41 bits per heavy atom. The van der Waals surface area contributed by atoms with Crippen LogP contribution in [0.4, 0.5) is 0 Å². The number of hydrogen-bond donors (Lipinski definition) is 1. The third kappa shape index (κ3) is 4.76. The van der Waals surface area contributed by atoms with E-state index >= 15 is 0 Å². The van der Waals surface area contributed by atoms with Gasteiger partial charge in [0, 0.05) is 31.1 Å². The first-order valence-corrected chi connectivity index (χ1v) is 11.3. The molecule has 3 rings (SSSR count). The van der Waals surface area contributed by atoms with Crippen LogP contribution in [0.2, 0.25) is 0 Å². The average Bonchev–Trinajstić information content (AvgIpc) is 3.19. The van der Waals surface area contributed by atoms with Gasteiger partial charge in [0.05, 0.1) is 17.5 Å². The summed E-state index contributed by atoms with van der Waals surface area (Å²) in [7, 11) is -3.48. The average molecular weight is 408 g/mol. The number of nitrogens with one attached hydrogen (secondary N) is 1. The van der Waals surface area contributed by atoms with Crippen LogP contribution in [0.15, 0.2) is 46.7 Å². The Hall–Kier alpha value is -1.74. The molecule has 8 heteroatoms. The molecule has 1 aromatic heterocycles. The van der Waals surface area contributed by atoms with E-state index in [0.717, 1.165) is 10.4 Å². The topological polar surface area (TPSA) is 69.7 Å². The van der Waals surface area contributed by atoms with Gasteiger partial charge in [-0.3, -0.25) is 9.69 Å². The number of benzene rings is 1. The predicted molar refractivity (Wildman–Crippen MR) is 107 cm³/mol. The van der Waals surface area contributed by atoms with Gasteiger partial charge in [0.15, 0.2) is 0 Å². The zero-order valence-corrected chi connectivity index (χ0v) is 17.2. The number of nitrogens with zero attached hydrogens (tertiary/aromatic N) is 2. The molecule has 6 nitrogen and oxygen atoms in total. The molecule has 1 aliphatic rings. The fourth-order valence-electron chi connectivity index (χ4n) is 3.09. The van der Waals surface area contributed by atoms with Gasteiger partial charge in [-0.2, -0.15) is 4.31 Å². The van der Waals surface area contributed by atoms with Crippen LogP contribution in [0.25, 0.3) is 0 Å². The minimum atomic E-state index is -3.48. The molecule has 0 radical (unpaired) electrons. The highest BCUT2D eigenvalue weighted by Crippen LogP contribution is 2.19. The number of carbonyl (C=O) groups excluding carboxylic acids is 1. The zero-order valence-electron chi connectivity index (χ0n) is 15.6. The summed E-state index contributed by atoms with van der Waals surface area (Å²) in [5.74, 6) is -0.0294. The highest BCUT2D eigenvalue weighted by molar-refractivity contribution is 7.89. The maximum atomic E-state index is 12.8. The smallest absolute Gasteiger partial charge is 0.243 e. The van der Waals surface area contributed by atoms with Crippen LogP contribution >= 0.6 is 11.3 Å². The Morgan fingerprint density at radius 1 is 1.15 bits per heavy atom. The maximum Gasteiger partial charge on any atom is 0.243 e. The van der Waals surface area contributed by atoms with Crippen molar-refractivity contribution < 1.29 is 13.2 Å². The summed E-state index contributed by atoms with van der Waals surface area (Å²) in [6.07, 6.45) is 0. The molecule has 1 aromatic carbocycles. The van der Waals surface area contributed by atoms with E-state index in [1.807, 2.05) is 48.4 Å². The summed E-state index contributed by atoms with van der Waals surface area (Å²) in [6, 6.07) is 10.6. The normalized spacial score (nSPS) is 17.6. The van der Waals surface area contributed by atoms with Crippen LogP contribution in [-0.4, -0.2) is 55.8 Å². The van der Waals surface area contributed by atoms with Crippen molar-refractivity contribution in [1.29, 1.82) is 0 Å². The third-order valence-corrected chi connectivity index (χ3v) is 7.67. The standard InChI is InChI=1S/C19H25N3O3S2/c1-15-5-7-18(8-6-15)27(24,25)22-11-9-21(10-12-22)16(2)19(23)20-14-17-4-3-13-26-17/h3-8,13,16H,9-12,14H2,1-2H3,(H,20,23)/t16-/m0/s1. The summed E-state index contributed by atoms with van der Waals surface area (Å²) in [4.78, 5) is 15.9. The van der Waals surface area contributed by atoms with Gasteiger partial charge < -0.3 is 5.32 Å². The Bertz CT molecular complexity index is 856. The molecule has 1 aliphatic heterocycles. The van der Waals surface area contributed by atoms with E-state index in [4.69, 9.17) is 0 Å². The summed E-state index contributed by atoms with van der Waals surface area (Å²) >= 11 is 1.61. The van der Waals surface area contributed by atoms with Crippen LogP contribution in [0.5, 0.6) is 0 Å². The molecule has 1 N–H and O–H groups in total. The second-order valence-electron chi connectivity index (χ2n) is 6.73. The number of sulfonamides is 1. The lowest BCUT2D eigenvalue weighted by molar-refractivity contribution is -0.126. The van der Waals surface area contributed by atoms with Gasteiger partial charge in [0.1, 0.15) is 0 Å². The molecule has 1 amide bonds. The van der Waals surface area contributed by atoms with Gasteiger partial charge in [-0.05, 0) is 37.4 Å². The van der Waals surface area contributed by atoms with Crippen molar-refractivity contribution in [1.82, 2.24) is 14.5 Å². The van der Waals surface area contributed by atoms with Crippen LogP contribution in [0.3, 0.4) is 0 Å². The molecule has 2 heterocycles. The molecule has 0 aliphatic carbocycles. The molecule has 1 saturated heterocycles. The second kappa shape index (κ2) is 8.52. The molecular weight excluding hydrogens is 382 g/mol. The van der Waals surface area contributed by atoms with Crippen molar-refractivity contribution in [3.8, 4) is 0 Å². The van der Waals surface area contributed by atoms with Crippen LogP contribution in [-0.2, 0) is 21.4 Å². The quantitative estimate of drug-likeness (QED) is 0.796. The van der Waals surface area contributed by atoms with E-state index in [9.17, 15) is 13.2 Å².